The Hall–Kier alpha value is -1.61. The van der Waals surface area contributed by atoms with Crippen LogP contribution in [0.2, 0.25) is 0 Å². The summed E-state index contributed by atoms with van der Waals surface area (Å²) in [5, 5.41) is 1.16. The van der Waals surface area contributed by atoms with Crippen molar-refractivity contribution in [3.8, 4) is 0 Å². The molecular weight excluding hydrogens is 248 g/mol. The summed E-state index contributed by atoms with van der Waals surface area (Å²) in [5.41, 5.74) is 1.88. The molecule has 20 heavy (non-hydrogen) atoms. The predicted octanol–water partition coefficient (Wildman–Crippen LogP) is 3.33. The SMILES string of the molecule is CN1CCCCC1CCn1ccc2cccc(C=O)c21. The van der Waals surface area contributed by atoms with E-state index in [2.05, 4.69) is 34.8 Å². The summed E-state index contributed by atoms with van der Waals surface area (Å²) >= 11 is 0. The fraction of sp³-hybridized carbons (Fsp3) is 0.471. The van der Waals surface area contributed by atoms with Gasteiger partial charge in [-0.15, -0.1) is 0 Å². The van der Waals surface area contributed by atoms with Gasteiger partial charge in [0.15, 0.2) is 6.29 Å². The van der Waals surface area contributed by atoms with Gasteiger partial charge in [0, 0.05) is 29.7 Å². The van der Waals surface area contributed by atoms with Crippen LogP contribution in [0, 0.1) is 0 Å². The number of aromatic nitrogens is 1. The quantitative estimate of drug-likeness (QED) is 0.796. The molecule has 0 spiro atoms. The number of para-hydroxylation sites is 1. The van der Waals surface area contributed by atoms with Gasteiger partial charge in [-0.25, -0.2) is 0 Å². The Bertz CT molecular complexity index is 602. The Morgan fingerprint density at radius 1 is 1.30 bits per heavy atom. The van der Waals surface area contributed by atoms with E-state index in [9.17, 15) is 4.79 Å². The predicted molar refractivity (Wildman–Crippen MR) is 82.2 cm³/mol. The third-order valence-corrected chi connectivity index (χ3v) is 4.57. The number of aryl methyl sites for hydroxylation is 1. The van der Waals surface area contributed by atoms with Gasteiger partial charge in [0.2, 0.25) is 0 Å². The number of likely N-dealkylation sites (tertiary alicyclic amines) is 1. The Morgan fingerprint density at radius 3 is 3.00 bits per heavy atom. The van der Waals surface area contributed by atoms with Gasteiger partial charge in [-0.1, -0.05) is 18.6 Å². The second-order valence-electron chi connectivity index (χ2n) is 5.83. The largest absolute Gasteiger partial charge is 0.347 e. The lowest BCUT2D eigenvalue weighted by Gasteiger charge is -2.32. The summed E-state index contributed by atoms with van der Waals surface area (Å²) in [6, 6.07) is 8.71. The lowest BCUT2D eigenvalue weighted by molar-refractivity contribution is 0.112. The first-order chi connectivity index (χ1) is 9.79. The van der Waals surface area contributed by atoms with Crippen LogP contribution in [0.3, 0.4) is 0 Å². The van der Waals surface area contributed by atoms with Crippen LogP contribution in [0.5, 0.6) is 0 Å². The zero-order valence-electron chi connectivity index (χ0n) is 12.1. The number of piperidine rings is 1. The highest BCUT2D eigenvalue weighted by Crippen LogP contribution is 2.22. The van der Waals surface area contributed by atoms with Crippen molar-refractivity contribution in [2.75, 3.05) is 13.6 Å². The Morgan fingerprint density at radius 2 is 2.20 bits per heavy atom. The van der Waals surface area contributed by atoms with Crippen LogP contribution in [0.15, 0.2) is 30.5 Å². The van der Waals surface area contributed by atoms with Crippen LogP contribution in [0.4, 0.5) is 0 Å². The molecule has 1 aromatic heterocycles. The Kier molecular flexibility index (Phi) is 3.88. The van der Waals surface area contributed by atoms with Crippen LogP contribution in [-0.2, 0) is 6.54 Å². The molecular formula is C17H22N2O. The number of rotatable bonds is 4. The smallest absolute Gasteiger partial charge is 0.152 e. The Balaban J connectivity index is 1.79. The van der Waals surface area contributed by atoms with E-state index in [1.54, 1.807) is 0 Å². The van der Waals surface area contributed by atoms with Gasteiger partial charge in [-0.05, 0) is 45.0 Å². The van der Waals surface area contributed by atoms with Crippen LogP contribution in [0.1, 0.15) is 36.0 Å². The minimum Gasteiger partial charge on any atom is -0.347 e. The van der Waals surface area contributed by atoms with Gasteiger partial charge in [-0.3, -0.25) is 4.79 Å². The van der Waals surface area contributed by atoms with Gasteiger partial charge in [0.25, 0.3) is 0 Å². The molecule has 106 valence electrons. The van der Waals surface area contributed by atoms with E-state index in [1.807, 2.05) is 12.1 Å². The first-order valence-corrected chi connectivity index (χ1v) is 7.53. The molecule has 3 rings (SSSR count). The molecule has 2 aromatic rings. The molecule has 0 bridgehead atoms. The highest BCUT2D eigenvalue weighted by molar-refractivity contribution is 5.96. The average Bonchev–Trinajstić information content (AvgIpc) is 2.90. The number of fused-ring (bicyclic) bond motifs is 1. The Labute approximate surface area is 120 Å². The summed E-state index contributed by atoms with van der Waals surface area (Å²) in [5.74, 6) is 0. The van der Waals surface area contributed by atoms with E-state index in [1.165, 1.54) is 25.8 Å². The molecule has 3 heteroatoms. The summed E-state index contributed by atoms with van der Waals surface area (Å²) in [7, 11) is 2.23. The van der Waals surface area contributed by atoms with Gasteiger partial charge in [-0.2, -0.15) is 0 Å². The van der Waals surface area contributed by atoms with Gasteiger partial charge < -0.3 is 9.47 Å². The number of aldehydes is 1. The molecule has 1 fully saturated rings. The number of carbonyl (C=O) groups excluding carboxylic acids is 1. The molecule has 1 atom stereocenters. The van der Waals surface area contributed by atoms with Crippen LogP contribution in [0.25, 0.3) is 10.9 Å². The molecule has 1 saturated heterocycles. The molecule has 0 aliphatic carbocycles. The van der Waals surface area contributed by atoms with E-state index in [0.29, 0.717) is 6.04 Å². The molecule has 1 aliphatic heterocycles. The third kappa shape index (κ3) is 2.50. The molecule has 1 aliphatic rings. The van der Waals surface area contributed by atoms with Crippen molar-refractivity contribution in [1.82, 2.24) is 9.47 Å². The first kappa shape index (κ1) is 13.4. The van der Waals surface area contributed by atoms with Crippen molar-refractivity contribution in [3.05, 3.63) is 36.0 Å². The number of benzene rings is 1. The van der Waals surface area contributed by atoms with Gasteiger partial charge in [0.05, 0.1) is 5.52 Å². The fourth-order valence-electron chi connectivity index (χ4n) is 3.37. The topological polar surface area (TPSA) is 25.2 Å². The second-order valence-corrected chi connectivity index (χ2v) is 5.83. The van der Waals surface area contributed by atoms with E-state index in [4.69, 9.17) is 0 Å². The molecule has 1 unspecified atom stereocenters. The molecule has 0 amide bonds. The highest BCUT2D eigenvalue weighted by Gasteiger charge is 2.18. The molecule has 0 saturated carbocycles. The van der Waals surface area contributed by atoms with Crippen molar-refractivity contribution < 1.29 is 4.79 Å². The standard InChI is InChI=1S/C17H22N2O/c1-18-10-3-2-7-16(18)9-12-19-11-8-14-5-4-6-15(13-20)17(14)19/h4-6,8,11,13,16H,2-3,7,9-10,12H2,1H3. The van der Waals surface area contributed by atoms with Gasteiger partial charge >= 0.3 is 0 Å². The minimum absolute atomic E-state index is 0.685. The number of hydrogen-bond acceptors (Lipinski definition) is 2. The summed E-state index contributed by atoms with van der Waals surface area (Å²) in [4.78, 5) is 13.7. The maximum atomic E-state index is 11.2. The maximum Gasteiger partial charge on any atom is 0.152 e. The monoisotopic (exact) mass is 270 g/mol. The van der Waals surface area contributed by atoms with E-state index in [0.717, 1.165) is 35.7 Å². The molecule has 2 heterocycles. The normalized spacial score (nSPS) is 20.4. The molecule has 1 aromatic carbocycles. The lowest BCUT2D eigenvalue weighted by Crippen LogP contribution is -2.36. The summed E-state index contributed by atoms with van der Waals surface area (Å²) in [6.07, 6.45) is 8.21. The van der Waals surface area contributed by atoms with Crippen LogP contribution in [-0.4, -0.2) is 35.4 Å². The third-order valence-electron chi connectivity index (χ3n) is 4.57. The average molecular weight is 270 g/mol. The van der Waals surface area contributed by atoms with Crippen molar-refractivity contribution >= 4 is 17.2 Å². The summed E-state index contributed by atoms with van der Waals surface area (Å²) in [6.45, 7) is 2.21. The van der Waals surface area contributed by atoms with E-state index in [-0.39, 0.29) is 0 Å². The second kappa shape index (κ2) is 5.80. The van der Waals surface area contributed by atoms with Gasteiger partial charge in [0.1, 0.15) is 0 Å². The lowest BCUT2D eigenvalue weighted by atomic mass is 10.00. The van der Waals surface area contributed by atoms with Crippen molar-refractivity contribution in [2.24, 2.45) is 0 Å². The van der Waals surface area contributed by atoms with Crippen LogP contribution < -0.4 is 0 Å². The molecule has 3 nitrogen and oxygen atoms in total. The molecule has 0 radical (unpaired) electrons. The number of hydrogen-bond donors (Lipinski definition) is 0. The van der Waals surface area contributed by atoms with Crippen molar-refractivity contribution in [2.45, 2.75) is 38.3 Å². The zero-order valence-corrected chi connectivity index (χ0v) is 12.1. The van der Waals surface area contributed by atoms with E-state index >= 15 is 0 Å². The molecule has 0 N–H and O–H groups in total. The fourth-order valence-corrected chi connectivity index (χ4v) is 3.37. The zero-order chi connectivity index (χ0) is 13.9. The van der Waals surface area contributed by atoms with Crippen molar-refractivity contribution in [1.29, 1.82) is 0 Å². The highest BCUT2D eigenvalue weighted by atomic mass is 16.1. The first-order valence-electron chi connectivity index (χ1n) is 7.53. The number of nitrogens with zero attached hydrogens (tertiary/aromatic N) is 2. The maximum absolute atomic E-state index is 11.2. The number of carbonyl (C=O) groups is 1. The minimum atomic E-state index is 0.685. The van der Waals surface area contributed by atoms with Crippen molar-refractivity contribution in [3.63, 3.8) is 0 Å². The van der Waals surface area contributed by atoms with Crippen LogP contribution >= 0.6 is 0 Å². The summed E-state index contributed by atoms with van der Waals surface area (Å²) < 4.78 is 2.24. The van der Waals surface area contributed by atoms with E-state index < -0.39 is 0 Å².